The van der Waals surface area contributed by atoms with E-state index in [-0.39, 0.29) is 10.9 Å². The van der Waals surface area contributed by atoms with Crippen LogP contribution < -0.4 is 4.72 Å². The Morgan fingerprint density at radius 2 is 2.20 bits per heavy atom. The van der Waals surface area contributed by atoms with E-state index in [4.69, 9.17) is 4.42 Å². The Kier molecular flexibility index (Phi) is 3.43. The standard InChI is InChI=1S/C9H11NO4S/c1-3-7(2)10-15(12,13)9-5-4-8(6-11)14-9/h3-7,10H,1H2,2H3. The van der Waals surface area contributed by atoms with E-state index in [0.717, 1.165) is 0 Å². The molecule has 0 aliphatic rings. The molecule has 5 nitrogen and oxygen atoms in total. The van der Waals surface area contributed by atoms with Crippen molar-refractivity contribution < 1.29 is 17.6 Å². The van der Waals surface area contributed by atoms with E-state index in [2.05, 4.69) is 11.3 Å². The van der Waals surface area contributed by atoms with E-state index in [1.54, 1.807) is 6.92 Å². The van der Waals surface area contributed by atoms with E-state index in [1.807, 2.05) is 0 Å². The highest BCUT2D eigenvalue weighted by Crippen LogP contribution is 2.12. The molecule has 1 rings (SSSR count). The van der Waals surface area contributed by atoms with Gasteiger partial charge in [-0.1, -0.05) is 6.08 Å². The number of carbonyl (C=O) groups excluding carboxylic acids is 1. The first kappa shape index (κ1) is 11.7. The van der Waals surface area contributed by atoms with Gasteiger partial charge in [-0.2, -0.15) is 0 Å². The van der Waals surface area contributed by atoms with Gasteiger partial charge in [-0.3, -0.25) is 4.79 Å². The zero-order chi connectivity index (χ0) is 11.5. The maximum atomic E-state index is 11.6. The van der Waals surface area contributed by atoms with Crippen molar-refractivity contribution in [2.45, 2.75) is 18.1 Å². The van der Waals surface area contributed by atoms with Crippen LogP contribution in [0.5, 0.6) is 0 Å². The number of rotatable bonds is 5. The third-order valence-electron chi connectivity index (χ3n) is 1.68. The number of sulfonamides is 1. The van der Waals surface area contributed by atoms with E-state index in [1.165, 1.54) is 18.2 Å². The molecule has 0 fully saturated rings. The lowest BCUT2D eigenvalue weighted by Crippen LogP contribution is -2.30. The number of hydrogen-bond acceptors (Lipinski definition) is 4. The first-order valence-electron chi connectivity index (χ1n) is 4.19. The van der Waals surface area contributed by atoms with Crippen LogP contribution in [-0.2, 0) is 10.0 Å². The van der Waals surface area contributed by atoms with Crippen LogP contribution in [0.4, 0.5) is 0 Å². The molecule has 0 bridgehead atoms. The molecule has 1 aromatic heterocycles. The highest BCUT2D eigenvalue weighted by Gasteiger charge is 2.19. The van der Waals surface area contributed by atoms with Gasteiger partial charge in [-0.15, -0.1) is 6.58 Å². The summed E-state index contributed by atoms with van der Waals surface area (Å²) in [4.78, 5) is 10.3. The Bertz CT molecular complexity index is 460. The average molecular weight is 229 g/mol. The van der Waals surface area contributed by atoms with E-state index >= 15 is 0 Å². The second-order valence-electron chi connectivity index (χ2n) is 2.92. The molecule has 1 N–H and O–H groups in total. The molecule has 0 amide bonds. The van der Waals surface area contributed by atoms with Crippen molar-refractivity contribution in [2.75, 3.05) is 0 Å². The Morgan fingerprint density at radius 3 is 2.67 bits per heavy atom. The summed E-state index contributed by atoms with van der Waals surface area (Å²) in [7, 11) is -3.71. The van der Waals surface area contributed by atoms with Crippen LogP contribution >= 0.6 is 0 Å². The summed E-state index contributed by atoms with van der Waals surface area (Å²) < 4.78 is 30.2. The predicted molar refractivity (Wildman–Crippen MR) is 54.1 cm³/mol. The fraction of sp³-hybridized carbons (Fsp3) is 0.222. The number of hydrogen-bond donors (Lipinski definition) is 1. The molecule has 6 heteroatoms. The minimum atomic E-state index is -3.71. The van der Waals surface area contributed by atoms with Gasteiger partial charge < -0.3 is 4.42 Å². The molecular formula is C9H11NO4S. The van der Waals surface area contributed by atoms with Crippen LogP contribution in [0.15, 0.2) is 34.3 Å². The lowest BCUT2D eigenvalue weighted by atomic mass is 10.4. The Labute approximate surface area is 87.8 Å². The normalized spacial score (nSPS) is 13.4. The second kappa shape index (κ2) is 4.41. The summed E-state index contributed by atoms with van der Waals surface area (Å²) in [6.45, 7) is 5.08. The van der Waals surface area contributed by atoms with Gasteiger partial charge in [0.05, 0.1) is 0 Å². The van der Waals surface area contributed by atoms with E-state index in [9.17, 15) is 13.2 Å². The quantitative estimate of drug-likeness (QED) is 0.602. The SMILES string of the molecule is C=CC(C)NS(=O)(=O)c1ccc(C=O)o1. The lowest BCUT2D eigenvalue weighted by Gasteiger charge is -2.07. The third kappa shape index (κ3) is 2.77. The number of nitrogens with one attached hydrogen (secondary N) is 1. The van der Waals surface area contributed by atoms with Crippen LogP contribution in [0.2, 0.25) is 0 Å². The second-order valence-corrected chi connectivity index (χ2v) is 4.57. The fourth-order valence-electron chi connectivity index (χ4n) is 0.893. The fourth-order valence-corrected chi connectivity index (χ4v) is 2.05. The first-order valence-corrected chi connectivity index (χ1v) is 5.68. The summed E-state index contributed by atoms with van der Waals surface area (Å²) in [5, 5.41) is -0.279. The van der Waals surface area contributed by atoms with Gasteiger partial charge in [0.15, 0.2) is 12.0 Å². The highest BCUT2D eigenvalue weighted by atomic mass is 32.2. The predicted octanol–water partition coefficient (Wildman–Crippen LogP) is 0.945. The van der Waals surface area contributed by atoms with Crippen LogP contribution in [0.3, 0.4) is 0 Å². The smallest absolute Gasteiger partial charge is 0.274 e. The minimum Gasteiger partial charge on any atom is -0.440 e. The Balaban J connectivity index is 2.95. The minimum absolute atomic E-state index is 0.0263. The molecule has 1 unspecified atom stereocenters. The molecule has 0 aliphatic carbocycles. The van der Waals surface area contributed by atoms with Crippen molar-refractivity contribution in [2.24, 2.45) is 0 Å². The van der Waals surface area contributed by atoms with Crippen LogP contribution in [-0.4, -0.2) is 20.7 Å². The number of furan rings is 1. The highest BCUT2D eigenvalue weighted by molar-refractivity contribution is 7.89. The zero-order valence-corrected chi connectivity index (χ0v) is 8.95. The van der Waals surface area contributed by atoms with Crippen LogP contribution in [0, 0.1) is 0 Å². The Hall–Kier alpha value is -1.40. The summed E-state index contributed by atoms with van der Waals surface area (Å²) in [5.74, 6) is -0.0263. The van der Waals surface area contributed by atoms with Crippen LogP contribution in [0.25, 0.3) is 0 Å². The van der Waals surface area contributed by atoms with Crippen molar-refractivity contribution >= 4 is 16.3 Å². The molecule has 0 radical (unpaired) electrons. The monoisotopic (exact) mass is 229 g/mol. The molecule has 1 aromatic rings. The summed E-state index contributed by atoms with van der Waals surface area (Å²) >= 11 is 0. The molecule has 82 valence electrons. The largest absolute Gasteiger partial charge is 0.440 e. The van der Waals surface area contributed by atoms with Gasteiger partial charge in [-0.05, 0) is 19.1 Å². The van der Waals surface area contributed by atoms with Gasteiger partial charge >= 0.3 is 0 Å². The molecule has 1 atom stereocenters. The molecule has 0 saturated carbocycles. The maximum absolute atomic E-state index is 11.6. The van der Waals surface area contributed by atoms with E-state index in [0.29, 0.717) is 6.29 Å². The topological polar surface area (TPSA) is 76.4 Å². The molecular weight excluding hydrogens is 218 g/mol. The van der Waals surface area contributed by atoms with Gasteiger partial charge in [0.1, 0.15) is 0 Å². The van der Waals surface area contributed by atoms with Crippen molar-refractivity contribution in [3.63, 3.8) is 0 Å². The third-order valence-corrected chi connectivity index (χ3v) is 3.11. The van der Waals surface area contributed by atoms with E-state index < -0.39 is 16.1 Å². The molecule has 1 heterocycles. The first-order chi connectivity index (χ1) is 6.99. The van der Waals surface area contributed by atoms with Gasteiger partial charge in [0.2, 0.25) is 5.09 Å². The van der Waals surface area contributed by atoms with Crippen LogP contribution in [0.1, 0.15) is 17.5 Å². The van der Waals surface area contributed by atoms with Crippen molar-refractivity contribution in [3.8, 4) is 0 Å². The average Bonchev–Trinajstić information content (AvgIpc) is 2.65. The summed E-state index contributed by atoms with van der Waals surface area (Å²) in [6.07, 6.45) is 1.89. The zero-order valence-electron chi connectivity index (χ0n) is 8.14. The Morgan fingerprint density at radius 1 is 1.53 bits per heavy atom. The molecule has 0 spiro atoms. The molecule has 0 saturated heterocycles. The van der Waals surface area contributed by atoms with Gasteiger partial charge in [-0.25, -0.2) is 13.1 Å². The van der Waals surface area contributed by atoms with Crippen molar-refractivity contribution in [1.82, 2.24) is 4.72 Å². The van der Waals surface area contributed by atoms with Gasteiger partial charge in [0, 0.05) is 6.04 Å². The molecule has 15 heavy (non-hydrogen) atoms. The number of carbonyl (C=O) groups is 1. The van der Waals surface area contributed by atoms with Crippen molar-refractivity contribution in [3.05, 3.63) is 30.5 Å². The lowest BCUT2D eigenvalue weighted by molar-refractivity contribution is 0.109. The summed E-state index contributed by atoms with van der Waals surface area (Å²) in [6, 6.07) is 2.11. The van der Waals surface area contributed by atoms with Gasteiger partial charge in [0.25, 0.3) is 10.0 Å². The maximum Gasteiger partial charge on any atom is 0.274 e. The summed E-state index contributed by atoms with van der Waals surface area (Å²) in [5.41, 5.74) is 0. The molecule has 0 aromatic carbocycles. The van der Waals surface area contributed by atoms with Crippen molar-refractivity contribution in [1.29, 1.82) is 0 Å². The molecule has 0 aliphatic heterocycles. The number of aldehydes is 1.